The van der Waals surface area contributed by atoms with E-state index in [0.717, 1.165) is 31.6 Å². The molecule has 2 saturated heterocycles. The summed E-state index contributed by atoms with van der Waals surface area (Å²) in [7, 11) is 0. The number of nitrogens with one attached hydrogen (secondary N) is 2. The van der Waals surface area contributed by atoms with Crippen LogP contribution >= 0.6 is 0 Å². The number of nitrogens with zero attached hydrogens (tertiary/aromatic N) is 3. The van der Waals surface area contributed by atoms with Crippen LogP contribution in [0.15, 0.2) is 4.99 Å². The van der Waals surface area contributed by atoms with Crippen LogP contribution in [0.2, 0.25) is 0 Å². The highest BCUT2D eigenvalue weighted by atomic mass is 15.2. The van der Waals surface area contributed by atoms with Crippen LogP contribution in [0.25, 0.3) is 0 Å². The lowest BCUT2D eigenvalue weighted by Gasteiger charge is -2.35. The lowest BCUT2D eigenvalue weighted by atomic mass is 10.0. The Hall–Kier alpha value is -0.810. The number of aliphatic imine (C=N–C) groups is 1. The highest BCUT2D eigenvalue weighted by Gasteiger charge is 2.32. The van der Waals surface area contributed by atoms with Crippen LogP contribution in [-0.4, -0.2) is 73.2 Å². The van der Waals surface area contributed by atoms with Gasteiger partial charge in [0.15, 0.2) is 5.96 Å². The highest BCUT2D eigenvalue weighted by Crippen LogP contribution is 2.29. The van der Waals surface area contributed by atoms with E-state index in [1.165, 1.54) is 64.6 Å². The van der Waals surface area contributed by atoms with Gasteiger partial charge in [-0.25, -0.2) is 0 Å². The Morgan fingerprint density at radius 2 is 1.79 bits per heavy atom. The van der Waals surface area contributed by atoms with Crippen LogP contribution in [0.3, 0.4) is 0 Å². The predicted octanol–water partition coefficient (Wildman–Crippen LogP) is 2.04. The maximum atomic E-state index is 4.94. The van der Waals surface area contributed by atoms with Gasteiger partial charge in [0.1, 0.15) is 0 Å². The monoisotopic (exact) mass is 335 g/mol. The number of hydrogen-bond donors (Lipinski definition) is 2. The topological polar surface area (TPSA) is 42.9 Å². The van der Waals surface area contributed by atoms with E-state index in [4.69, 9.17) is 4.99 Å². The number of hydrogen-bond acceptors (Lipinski definition) is 3. The minimum atomic E-state index is 0.589. The molecule has 1 aliphatic carbocycles. The first-order chi connectivity index (χ1) is 11.8. The highest BCUT2D eigenvalue weighted by molar-refractivity contribution is 5.80. The van der Waals surface area contributed by atoms with Gasteiger partial charge in [0, 0.05) is 37.8 Å². The third-order valence-electron chi connectivity index (χ3n) is 5.89. The molecule has 3 fully saturated rings. The second kappa shape index (κ2) is 9.04. The Kier molecular flexibility index (Phi) is 6.78. The van der Waals surface area contributed by atoms with E-state index in [0.29, 0.717) is 12.1 Å². The van der Waals surface area contributed by atoms with E-state index < -0.39 is 0 Å². The summed E-state index contributed by atoms with van der Waals surface area (Å²) in [4.78, 5) is 10.2. The average molecular weight is 336 g/mol. The van der Waals surface area contributed by atoms with Crippen LogP contribution < -0.4 is 10.6 Å². The van der Waals surface area contributed by atoms with Crippen LogP contribution in [0.4, 0.5) is 0 Å². The lowest BCUT2D eigenvalue weighted by molar-refractivity contribution is 0.161. The van der Waals surface area contributed by atoms with Gasteiger partial charge in [-0.3, -0.25) is 9.89 Å². The fourth-order valence-corrected chi connectivity index (χ4v) is 4.24. The molecule has 2 heterocycles. The van der Waals surface area contributed by atoms with Gasteiger partial charge in [-0.1, -0.05) is 13.3 Å². The minimum absolute atomic E-state index is 0.589. The van der Waals surface area contributed by atoms with Gasteiger partial charge in [0.05, 0.1) is 6.54 Å². The van der Waals surface area contributed by atoms with E-state index in [1.807, 2.05) is 0 Å². The molecular weight excluding hydrogens is 298 g/mol. The van der Waals surface area contributed by atoms with Crippen LogP contribution in [0, 0.1) is 0 Å². The van der Waals surface area contributed by atoms with Gasteiger partial charge in [-0.2, -0.15) is 0 Å². The molecule has 0 aromatic heterocycles. The third kappa shape index (κ3) is 5.09. The van der Waals surface area contributed by atoms with E-state index in [9.17, 15) is 0 Å². The summed E-state index contributed by atoms with van der Waals surface area (Å²) < 4.78 is 0. The fraction of sp³-hybridized carbons (Fsp3) is 0.947. The maximum Gasteiger partial charge on any atom is 0.191 e. The first-order valence-electron chi connectivity index (χ1n) is 10.3. The van der Waals surface area contributed by atoms with E-state index in [1.54, 1.807) is 0 Å². The first-order valence-corrected chi connectivity index (χ1v) is 10.3. The van der Waals surface area contributed by atoms with Gasteiger partial charge in [-0.15, -0.1) is 0 Å². The molecular formula is C19H37N5. The molecule has 1 atom stereocenters. The Morgan fingerprint density at radius 3 is 2.46 bits per heavy atom. The van der Waals surface area contributed by atoms with Crippen LogP contribution in [0.1, 0.15) is 58.8 Å². The van der Waals surface area contributed by atoms with Crippen molar-refractivity contribution in [2.24, 2.45) is 4.99 Å². The first kappa shape index (κ1) is 18.0. The van der Waals surface area contributed by atoms with Crippen molar-refractivity contribution < 1.29 is 0 Å². The Bertz CT molecular complexity index is 399. The zero-order chi connectivity index (χ0) is 16.8. The molecule has 0 spiro atoms. The standard InChI is InChI=1S/C19H37N5/c1-3-20-19(21-15-18-7-5-6-12-23(18)4-2)22-16-10-13-24(14-11-16)17-8-9-17/h16-18H,3-15H2,1-2H3,(H2,20,21,22). The summed E-state index contributed by atoms with van der Waals surface area (Å²) >= 11 is 0. The van der Waals surface area contributed by atoms with Crippen molar-refractivity contribution in [3.8, 4) is 0 Å². The molecule has 0 amide bonds. The number of likely N-dealkylation sites (tertiary alicyclic amines) is 2. The summed E-state index contributed by atoms with van der Waals surface area (Å²) in [6.45, 7) is 11.2. The van der Waals surface area contributed by atoms with E-state index in [2.05, 4.69) is 34.3 Å². The zero-order valence-electron chi connectivity index (χ0n) is 15.8. The largest absolute Gasteiger partial charge is 0.357 e. The SMILES string of the molecule is CCNC(=NCC1CCCCN1CC)NC1CCN(C2CC2)CC1. The normalized spacial score (nSPS) is 28.1. The molecule has 3 rings (SSSR count). The summed E-state index contributed by atoms with van der Waals surface area (Å²) in [5.41, 5.74) is 0. The van der Waals surface area contributed by atoms with Crippen LogP contribution in [0.5, 0.6) is 0 Å². The summed E-state index contributed by atoms with van der Waals surface area (Å²) in [5, 5.41) is 7.16. The van der Waals surface area contributed by atoms with Crippen molar-refractivity contribution in [3.05, 3.63) is 0 Å². The maximum absolute atomic E-state index is 4.94. The minimum Gasteiger partial charge on any atom is -0.357 e. The molecule has 3 aliphatic rings. The second-order valence-electron chi connectivity index (χ2n) is 7.68. The molecule has 2 N–H and O–H groups in total. The fourth-order valence-electron chi connectivity index (χ4n) is 4.24. The van der Waals surface area contributed by atoms with Gasteiger partial charge in [0.2, 0.25) is 0 Å². The average Bonchev–Trinajstić information content (AvgIpc) is 3.46. The van der Waals surface area contributed by atoms with Crippen molar-refractivity contribution >= 4 is 5.96 Å². The molecule has 0 bridgehead atoms. The van der Waals surface area contributed by atoms with Crippen molar-refractivity contribution in [2.75, 3.05) is 39.3 Å². The van der Waals surface area contributed by atoms with Crippen molar-refractivity contribution in [2.45, 2.75) is 76.9 Å². The van der Waals surface area contributed by atoms with Gasteiger partial charge in [-0.05, 0) is 58.5 Å². The predicted molar refractivity (Wildman–Crippen MR) is 102 cm³/mol. The van der Waals surface area contributed by atoms with Gasteiger partial charge < -0.3 is 15.5 Å². The molecule has 5 nitrogen and oxygen atoms in total. The number of rotatable bonds is 6. The summed E-state index contributed by atoms with van der Waals surface area (Å²) in [6, 6.07) is 2.14. The zero-order valence-corrected chi connectivity index (χ0v) is 15.8. The Labute approximate surface area is 148 Å². The van der Waals surface area contributed by atoms with E-state index >= 15 is 0 Å². The van der Waals surface area contributed by atoms with Crippen LogP contribution in [-0.2, 0) is 0 Å². The van der Waals surface area contributed by atoms with Gasteiger partial charge >= 0.3 is 0 Å². The number of likely N-dealkylation sites (N-methyl/N-ethyl adjacent to an activating group) is 1. The molecule has 138 valence electrons. The quantitative estimate of drug-likeness (QED) is 0.576. The molecule has 2 aliphatic heterocycles. The Balaban J connectivity index is 1.48. The number of guanidine groups is 1. The number of piperidine rings is 2. The molecule has 0 aromatic carbocycles. The molecule has 24 heavy (non-hydrogen) atoms. The summed E-state index contributed by atoms with van der Waals surface area (Å²) in [5.74, 6) is 1.03. The molecule has 0 aromatic rings. The molecule has 1 saturated carbocycles. The lowest BCUT2D eigenvalue weighted by Crippen LogP contribution is -2.49. The third-order valence-corrected chi connectivity index (χ3v) is 5.89. The Morgan fingerprint density at radius 1 is 1.00 bits per heavy atom. The van der Waals surface area contributed by atoms with Crippen molar-refractivity contribution in [1.29, 1.82) is 0 Å². The molecule has 5 heteroatoms. The smallest absolute Gasteiger partial charge is 0.191 e. The molecule has 1 unspecified atom stereocenters. The van der Waals surface area contributed by atoms with Gasteiger partial charge in [0.25, 0.3) is 0 Å². The second-order valence-corrected chi connectivity index (χ2v) is 7.68. The van der Waals surface area contributed by atoms with Crippen molar-refractivity contribution in [1.82, 2.24) is 20.4 Å². The molecule has 0 radical (unpaired) electrons. The van der Waals surface area contributed by atoms with Crippen molar-refractivity contribution in [3.63, 3.8) is 0 Å². The summed E-state index contributed by atoms with van der Waals surface area (Å²) in [6.07, 6.45) is 9.38. The van der Waals surface area contributed by atoms with E-state index in [-0.39, 0.29) is 0 Å².